The second-order valence-electron chi connectivity index (χ2n) is 3.88. The van der Waals surface area contributed by atoms with Gasteiger partial charge in [0.2, 0.25) is 0 Å². The lowest BCUT2D eigenvalue weighted by Crippen LogP contribution is -2.18. The van der Waals surface area contributed by atoms with Crippen molar-refractivity contribution < 1.29 is 15.0 Å². The molecule has 0 bridgehead atoms. The summed E-state index contributed by atoms with van der Waals surface area (Å²) in [7, 11) is 0. The first-order valence-corrected chi connectivity index (χ1v) is 5.84. The highest BCUT2D eigenvalue weighted by molar-refractivity contribution is 5.69. The third-order valence-electron chi connectivity index (χ3n) is 2.03. The van der Waals surface area contributed by atoms with E-state index in [9.17, 15) is 0 Å². The summed E-state index contributed by atoms with van der Waals surface area (Å²) in [5.74, 6) is 0. The minimum absolute atomic E-state index is 0.137. The number of primary amides is 2. The Morgan fingerprint density at radius 3 is 1.81 bits per heavy atom. The quantitative estimate of drug-likeness (QED) is 0.472. The zero-order valence-corrected chi connectivity index (χ0v) is 10.2. The van der Waals surface area contributed by atoms with Crippen molar-refractivity contribution in [2.24, 2.45) is 11.5 Å². The van der Waals surface area contributed by atoms with E-state index in [1.165, 1.54) is 19.3 Å². The zero-order chi connectivity index (χ0) is 12.8. The summed E-state index contributed by atoms with van der Waals surface area (Å²) < 4.78 is 0. The fourth-order valence-corrected chi connectivity index (χ4v) is 1.26. The summed E-state index contributed by atoms with van der Waals surface area (Å²) >= 11 is 0. The van der Waals surface area contributed by atoms with Gasteiger partial charge >= 0.3 is 6.03 Å². The lowest BCUT2D eigenvalue weighted by atomic mass is 10.1. The van der Waals surface area contributed by atoms with Crippen molar-refractivity contribution in [1.82, 2.24) is 0 Å². The second kappa shape index (κ2) is 14.2. The molecule has 0 rings (SSSR count). The molecule has 0 heterocycles. The number of nitrogens with two attached hydrogens (primary N) is 2. The van der Waals surface area contributed by atoms with Gasteiger partial charge in [0.25, 0.3) is 0 Å². The number of aliphatic hydroxyl groups is 2. The SMILES string of the molecule is CC(O)CCCCCCCCO.NC(N)=O. The number of carbonyl (C=O) groups is 1. The van der Waals surface area contributed by atoms with Gasteiger partial charge in [-0.25, -0.2) is 4.79 Å². The summed E-state index contributed by atoms with van der Waals surface area (Å²) in [5, 5.41) is 17.5. The van der Waals surface area contributed by atoms with Gasteiger partial charge < -0.3 is 21.7 Å². The van der Waals surface area contributed by atoms with Crippen LogP contribution in [0.25, 0.3) is 0 Å². The van der Waals surface area contributed by atoms with Crippen LogP contribution in [0.1, 0.15) is 51.9 Å². The van der Waals surface area contributed by atoms with Crippen molar-refractivity contribution in [2.45, 2.75) is 58.0 Å². The monoisotopic (exact) mass is 234 g/mol. The van der Waals surface area contributed by atoms with Crippen molar-refractivity contribution in [3.05, 3.63) is 0 Å². The topological polar surface area (TPSA) is 110 Å². The normalized spacial score (nSPS) is 11.4. The summed E-state index contributed by atoms with van der Waals surface area (Å²) in [4.78, 5) is 9.00. The molecule has 5 heteroatoms. The summed E-state index contributed by atoms with van der Waals surface area (Å²) in [6.45, 7) is 2.17. The molecule has 0 aromatic rings. The van der Waals surface area contributed by atoms with Crippen molar-refractivity contribution >= 4 is 6.03 Å². The molecule has 0 aliphatic heterocycles. The fourth-order valence-electron chi connectivity index (χ4n) is 1.26. The molecule has 1 unspecified atom stereocenters. The van der Waals surface area contributed by atoms with E-state index >= 15 is 0 Å². The number of carbonyl (C=O) groups excluding carboxylic acids is 1. The number of unbranched alkanes of at least 4 members (excludes halogenated alkanes) is 5. The van der Waals surface area contributed by atoms with E-state index in [0.717, 1.165) is 25.7 Å². The average molecular weight is 234 g/mol. The van der Waals surface area contributed by atoms with Crippen LogP contribution in [0.5, 0.6) is 0 Å². The highest BCUT2D eigenvalue weighted by atomic mass is 16.3. The van der Waals surface area contributed by atoms with Crippen LogP contribution in [0.2, 0.25) is 0 Å². The van der Waals surface area contributed by atoms with E-state index in [1.54, 1.807) is 0 Å². The van der Waals surface area contributed by atoms with E-state index in [1.807, 2.05) is 6.92 Å². The molecule has 0 aliphatic carbocycles. The van der Waals surface area contributed by atoms with E-state index in [2.05, 4.69) is 11.5 Å². The molecule has 0 radical (unpaired) electrons. The van der Waals surface area contributed by atoms with Gasteiger partial charge in [-0.3, -0.25) is 0 Å². The molecule has 0 saturated heterocycles. The molecule has 5 nitrogen and oxygen atoms in total. The van der Waals surface area contributed by atoms with Crippen LogP contribution in [0, 0.1) is 0 Å². The minimum atomic E-state index is -0.833. The van der Waals surface area contributed by atoms with E-state index in [-0.39, 0.29) is 6.10 Å². The molecule has 2 amide bonds. The van der Waals surface area contributed by atoms with Crippen molar-refractivity contribution in [2.75, 3.05) is 6.61 Å². The number of hydrogen-bond donors (Lipinski definition) is 4. The summed E-state index contributed by atoms with van der Waals surface area (Å²) in [6, 6.07) is -0.833. The first-order valence-electron chi connectivity index (χ1n) is 5.84. The van der Waals surface area contributed by atoms with Crippen molar-refractivity contribution in [3.63, 3.8) is 0 Å². The molecule has 98 valence electrons. The first-order chi connectivity index (χ1) is 7.50. The van der Waals surface area contributed by atoms with E-state index < -0.39 is 6.03 Å². The Bertz CT molecular complexity index is 148. The molecule has 0 fully saturated rings. The van der Waals surface area contributed by atoms with Gasteiger partial charge in [0, 0.05) is 6.61 Å². The molecule has 0 aliphatic rings. The summed E-state index contributed by atoms with van der Waals surface area (Å²) in [5.41, 5.74) is 8.50. The second-order valence-corrected chi connectivity index (χ2v) is 3.88. The van der Waals surface area contributed by atoms with Crippen molar-refractivity contribution in [1.29, 1.82) is 0 Å². The Morgan fingerprint density at radius 2 is 1.44 bits per heavy atom. The van der Waals surface area contributed by atoms with Gasteiger partial charge in [0.05, 0.1) is 6.10 Å². The molecule has 1 atom stereocenters. The van der Waals surface area contributed by atoms with Gasteiger partial charge in [-0.2, -0.15) is 0 Å². The standard InChI is InChI=1S/C10H22O2.CH4N2O/c1-10(12)8-6-4-2-3-5-7-9-11;2-1(3)4/h10-12H,2-9H2,1H3;(H4,2,3,4). The Kier molecular flexibility index (Phi) is 15.6. The molecule has 0 saturated carbocycles. The Morgan fingerprint density at radius 1 is 1.06 bits per heavy atom. The number of rotatable bonds is 8. The minimum Gasteiger partial charge on any atom is -0.396 e. The van der Waals surface area contributed by atoms with Crippen molar-refractivity contribution in [3.8, 4) is 0 Å². The predicted molar refractivity (Wildman–Crippen MR) is 64.9 cm³/mol. The Balaban J connectivity index is 0. The van der Waals surface area contributed by atoms with Crippen LogP contribution in [0.3, 0.4) is 0 Å². The summed E-state index contributed by atoms with van der Waals surface area (Å²) in [6.07, 6.45) is 7.70. The molecule has 0 aromatic carbocycles. The van der Waals surface area contributed by atoms with E-state index in [0.29, 0.717) is 6.61 Å². The third kappa shape index (κ3) is 29.2. The Labute approximate surface area is 97.8 Å². The highest BCUT2D eigenvalue weighted by Crippen LogP contribution is 2.08. The van der Waals surface area contributed by atoms with Crippen LogP contribution in [-0.4, -0.2) is 29.0 Å². The van der Waals surface area contributed by atoms with Gasteiger partial charge in [-0.15, -0.1) is 0 Å². The van der Waals surface area contributed by atoms with Gasteiger partial charge in [0.1, 0.15) is 0 Å². The molecular weight excluding hydrogens is 208 g/mol. The van der Waals surface area contributed by atoms with Crippen LogP contribution < -0.4 is 11.5 Å². The number of amides is 2. The molecule has 6 N–H and O–H groups in total. The number of hydrogen-bond acceptors (Lipinski definition) is 3. The molecule has 0 aromatic heterocycles. The smallest absolute Gasteiger partial charge is 0.309 e. The maximum atomic E-state index is 9.00. The Hall–Kier alpha value is -0.810. The highest BCUT2D eigenvalue weighted by Gasteiger charge is 1.95. The van der Waals surface area contributed by atoms with Gasteiger partial charge in [-0.05, 0) is 19.8 Å². The lowest BCUT2D eigenvalue weighted by molar-refractivity contribution is 0.180. The molecule has 0 spiro atoms. The van der Waals surface area contributed by atoms with Gasteiger partial charge in [0.15, 0.2) is 0 Å². The van der Waals surface area contributed by atoms with Crippen LogP contribution in [0.15, 0.2) is 0 Å². The number of aliphatic hydroxyl groups excluding tert-OH is 2. The van der Waals surface area contributed by atoms with Crippen LogP contribution in [0.4, 0.5) is 4.79 Å². The maximum Gasteiger partial charge on any atom is 0.309 e. The molecular formula is C11H26N2O3. The number of urea groups is 1. The third-order valence-corrected chi connectivity index (χ3v) is 2.03. The van der Waals surface area contributed by atoms with Crippen LogP contribution in [-0.2, 0) is 0 Å². The average Bonchev–Trinajstić information content (AvgIpc) is 2.15. The largest absolute Gasteiger partial charge is 0.396 e. The van der Waals surface area contributed by atoms with Gasteiger partial charge in [-0.1, -0.05) is 32.1 Å². The van der Waals surface area contributed by atoms with E-state index in [4.69, 9.17) is 15.0 Å². The van der Waals surface area contributed by atoms with Crippen LogP contribution >= 0.6 is 0 Å². The zero-order valence-electron chi connectivity index (χ0n) is 10.2. The first kappa shape index (κ1) is 17.6. The fraction of sp³-hybridized carbons (Fsp3) is 0.909. The predicted octanol–water partition coefficient (Wildman–Crippen LogP) is 1.11. The maximum absolute atomic E-state index is 9.00. The molecule has 16 heavy (non-hydrogen) atoms. The lowest BCUT2D eigenvalue weighted by Gasteiger charge is -2.03.